The van der Waals surface area contributed by atoms with Crippen LogP contribution >= 0.6 is 0 Å². The summed E-state index contributed by atoms with van der Waals surface area (Å²) in [5, 5.41) is 11.4. The first kappa shape index (κ1) is 9.18. The molecule has 2 heterocycles. The highest BCUT2D eigenvalue weighted by Gasteiger charge is 2.36. The SMILES string of the molecule is O=C1c2ccccc2C(O)N1n1cccc1. The molecule has 0 spiro atoms. The number of benzene rings is 1. The van der Waals surface area contributed by atoms with Gasteiger partial charge in [0.2, 0.25) is 0 Å². The molecule has 4 nitrogen and oxygen atoms in total. The molecule has 1 amide bonds. The number of aromatic nitrogens is 1. The number of hydrogen-bond acceptors (Lipinski definition) is 2. The molecule has 3 rings (SSSR count). The van der Waals surface area contributed by atoms with Crippen LogP contribution in [0.1, 0.15) is 22.1 Å². The second-order valence-corrected chi connectivity index (χ2v) is 3.67. The first-order chi connectivity index (χ1) is 7.79. The molecule has 1 aromatic heterocycles. The number of carbonyl (C=O) groups excluding carboxylic acids is 1. The Balaban J connectivity index is 2.11. The van der Waals surface area contributed by atoms with Crippen LogP contribution in [0.25, 0.3) is 0 Å². The third kappa shape index (κ3) is 1.10. The highest BCUT2D eigenvalue weighted by atomic mass is 16.3. The molecule has 80 valence electrons. The Morgan fingerprint density at radius 3 is 2.44 bits per heavy atom. The first-order valence-corrected chi connectivity index (χ1v) is 5.03. The van der Waals surface area contributed by atoms with Crippen molar-refractivity contribution < 1.29 is 9.90 Å². The average molecular weight is 214 g/mol. The number of rotatable bonds is 1. The maximum Gasteiger partial charge on any atom is 0.275 e. The van der Waals surface area contributed by atoms with E-state index >= 15 is 0 Å². The van der Waals surface area contributed by atoms with Crippen molar-refractivity contribution in [3.05, 3.63) is 59.9 Å². The lowest BCUT2D eigenvalue weighted by atomic mass is 10.1. The lowest BCUT2D eigenvalue weighted by Gasteiger charge is -2.21. The lowest BCUT2D eigenvalue weighted by molar-refractivity contribution is 0.0866. The van der Waals surface area contributed by atoms with Gasteiger partial charge in [-0.25, -0.2) is 5.01 Å². The van der Waals surface area contributed by atoms with Crippen molar-refractivity contribution in [3.63, 3.8) is 0 Å². The van der Waals surface area contributed by atoms with Gasteiger partial charge >= 0.3 is 0 Å². The summed E-state index contributed by atoms with van der Waals surface area (Å²) in [7, 11) is 0. The molecular formula is C12H10N2O2. The number of nitrogens with zero attached hydrogens (tertiary/aromatic N) is 2. The van der Waals surface area contributed by atoms with Crippen LogP contribution in [0.3, 0.4) is 0 Å². The van der Waals surface area contributed by atoms with Gasteiger partial charge in [0, 0.05) is 23.5 Å². The first-order valence-electron chi connectivity index (χ1n) is 5.03. The van der Waals surface area contributed by atoms with Crippen LogP contribution in [-0.4, -0.2) is 15.7 Å². The minimum Gasteiger partial charge on any atom is -0.368 e. The van der Waals surface area contributed by atoms with Gasteiger partial charge in [-0.1, -0.05) is 18.2 Å². The van der Waals surface area contributed by atoms with Crippen LogP contribution in [0.15, 0.2) is 48.8 Å². The topological polar surface area (TPSA) is 45.5 Å². The van der Waals surface area contributed by atoms with Crippen molar-refractivity contribution in [1.29, 1.82) is 0 Å². The molecule has 1 atom stereocenters. The maximum atomic E-state index is 12.1. The molecule has 0 saturated heterocycles. The molecule has 1 aromatic carbocycles. The van der Waals surface area contributed by atoms with Crippen LogP contribution < -0.4 is 5.01 Å². The molecule has 0 radical (unpaired) electrons. The van der Waals surface area contributed by atoms with E-state index in [0.717, 1.165) is 0 Å². The van der Waals surface area contributed by atoms with Crippen molar-refractivity contribution in [3.8, 4) is 0 Å². The Hall–Kier alpha value is -2.07. The normalized spacial score (nSPS) is 18.9. The predicted molar refractivity (Wildman–Crippen MR) is 58.4 cm³/mol. The predicted octanol–water partition coefficient (Wildman–Crippen LogP) is 1.27. The van der Waals surface area contributed by atoms with E-state index in [1.807, 2.05) is 18.2 Å². The standard InChI is InChI=1S/C12H10N2O2/c15-11-9-5-1-2-6-10(9)12(16)14(11)13-7-3-4-8-13/h1-8,11,15H. The molecule has 1 unspecified atom stereocenters. The summed E-state index contributed by atoms with van der Waals surface area (Å²) in [4.78, 5) is 12.1. The summed E-state index contributed by atoms with van der Waals surface area (Å²) < 4.78 is 1.59. The molecule has 4 heteroatoms. The molecule has 0 aliphatic carbocycles. The Labute approximate surface area is 92.3 Å². The van der Waals surface area contributed by atoms with E-state index in [4.69, 9.17) is 0 Å². The quantitative estimate of drug-likeness (QED) is 0.777. The third-order valence-corrected chi connectivity index (χ3v) is 2.75. The zero-order chi connectivity index (χ0) is 11.1. The molecule has 0 bridgehead atoms. The smallest absolute Gasteiger partial charge is 0.275 e. The van der Waals surface area contributed by atoms with Crippen molar-refractivity contribution in [2.24, 2.45) is 0 Å². The fourth-order valence-electron chi connectivity index (χ4n) is 1.98. The van der Waals surface area contributed by atoms with E-state index in [9.17, 15) is 9.90 Å². The molecule has 1 aliphatic rings. The van der Waals surface area contributed by atoms with Gasteiger partial charge in [0.25, 0.3) is 5.91 Å². The number of hydrogen-bond donors (Lipinski definition) is 1. The Morgan fingerprint density at radius 2 is 1.75 bits per heavy atom. The van der Waals surface area contributed by atoms with Gasteiger partial charge in [-0.05, 0) is 18.2 Å². The van der Waals surface area contributed by atoms with Gasteiger partial charge in [0.05, 0.1) is 0 Å². The third-order valence-electron chi connectivity index (χ3n) is 2.75. The van der Waals surface area contributed by atoms with E-state index < -0.39 is 6.23 Å². The van der Waals surface area contributed by atoms with E-state index in [1.165, 1.54) is 5.01 Å². The van der Waals surface area contributed by atoms with E-state index in [0.29, 0.717) is 11.1 Å². The fourth-order valence-corrected chi connectivity index (χ4v) is 1.98. The van der Waals surface area contributed by atoms with Gasteiger partial charge in [-0.15, -0.1) is 0 Å². The van der Waals surface area contributed by atoms with Gasteiger partial charge in [0.15, 0.2) is 6.23 Å². The number of aliphatic hydroxyl groups excluding tert-OH is 1. The highest BCUT2D eigenvalue weighted by Crippen LogP contribution is 2.29. The van der Waals surface area contributed by atoms with Crippen LogP contribution in [0.2, 0.25) is 0 Å². The zero-order valence-corrected chi connectivity index (χ0v) is 8.45. The largest absolute Gasteiger partial charge is 0.368 e. The van der Waals surface area contributed by atoms with E-state index in [1.54, 1.807) is 35.3 Å². The monoisotopic (exact) mass is 214 g/mol. The molecular weight excluding hydrogens is 204 g/mol. The fraction of sp³-hybridized carbons (Fsp3) is 0.0833. The summed E-state index contributed by atoms with van der Waals surface area (Å²) >= 11 is 0. The number of fused-ring (bicyclic) bond motifs is 1. The van der Waals surface area contributed by atoms with Crippen molar-refractivity contribution in [2.75, 3.05) is 5.01 Å². The highest BCUT2D eigenvalue weighted by molar-refractivity contribution is 6.06. The Morgan fingerprint density at radius 1 is 1.06 bits per heavy atom. The number of amides is 1. The van der Waals surface area contributed by atoms with Gasteiger partial charge in [-0.2, -0.15) is 0 Å². The van der Waals surface area contributed by atoms with E-state index in [2.05, 4.69) is 0 Å². The van der Waals surface area contributed by atoms with E-state index in [-0.39, 0.29) is 5.91 Å². The maximum absolute atomic E-state index is 12.1. The molecule has 1 N–H and O–H groups in total. The summed E-state index contributed by atoms with van der Waals surface area (Å²) in [5.41, 5.74) is 1.21. The van der Waals surface area contributed by atoms with Crippen molar-refractivity contribution in [2.45, 2.75) is 6.23 Å². The van der Waals surface area contributed by atoms with Crippen LogP contribution in [0.5, 0.6) is 0 Å². The summed E-state index contributed by atoms with van der Waals surface area (Å²) in [6.07, 6.45) is 2.55. The summed E-state index contributed by atoms with van der Waals surface area (Å²) in [6.45, 7) is 0. The summed E-state index contributed by atoms with van der Waals surface area (Å²) in [6, 6.07) is 10.7. The van der Waals surface area contributed by atoms with Crippen molar-refractivity contribution >= 4 is 5.91 Å². The average Bonchev–Trinajstić information content (AvgIpc) is 2.89. The van der Waals surface area contributed by atoms with Gasteiger partial charge in [0.1, 0.15) is 0 Å². The molecule has 0 saturated carbocycles. The minimum atomic E-state index is -0.906. The minimum absolute atomic E-state index is 0.181. The molecule has 1 aliphatic heterocycles. The lowest BCUT2D eigenvalue weighted by Crippen LogP contribution is -2.37. The van der Waals surface area contributed by atoms with Crippen LogP contribution in [-0.2, 0) is 0 Å². The second kappa shape index (κ2) is 3.21. The molecule has 0 fully saturated rings. The summed E-state index contributed by atoms with van der Waals surface area (Å²) in [5.74, 6) is -0.181. The number of carbonyl (C=O) groups is 1. The molecule has 2 aromatic rings. The Bertz CT molecular complexity index is 534. The zero-order valence-electron chi connectivity index (χ0n) is 8.45. The van der Waals surface area contributed by atoms with Crippen LogP contribution in [0, 0.1) is 0 Å². The van der Waals surface area contributed by atoms with Gasteiger partial charge < -0.3 is 5.11 Å². The molecule has 16 heavy (non-hydrogen) atoms. The Kier molecular flexibility index (Phi) is 1.84. The van der Waals surface area contributed by atoms with Crippen molar-refractivity contribution in [1.82, 2.24) is 4.68 Å². The second-order valence-electron chi connectivity index (χ2n) is 3.67. The van der Waals surface area contributed by atoms with Crippen LogP contribution in [0.4, 0.5) is 0 Å². The number of aliphatic hydroxyl groups is 1. The van der Waals surface area contributed by atoms with Gasteiger partial charge in [-0.3, -0.25) is 9.47 Å².